The maximum Gasteiger partial charge on any atom is 0.321 e. The first-order valence-corrected chi connectivity index (χ1v) is 6.48. The van der Waals surface area contributed by atoms with Crippen LogP contribution in [0.3, 0.4) is 0 Å². The number of amides is 3. The van der Waals surface area contributed by atoms with E-state index < -0.39 is 6.03 Å². The number of anilines is 1. The Labute approximate surface area is 113 Å². The number of aryl methyl sites for hydroxylation is 1. The molecule has 0 saturated carbocycles. The summed E-state index contributed by atoms with van der Waals surface area (Å²) in [4.78, 5) is 25.0. The number of nitrogens with one attached hydrogen (secondary N) is 2. The van der Waals surface area contributed by atoms with E-state index in [-0.39, 0.29) is 12.5 Å². The summed E-state index contributed by atoms with van der Waals surface area (Å²) in [7, 11) is 1.49. The van der Waals surface area contributed by atoms with Crippen molar-refractivity contribution in [2.75, 3.05) is 18.5 Å². The van der Waals surface area contributed by atoms with E-state index in [4.69, 9.17) is 0 Å². The van der Waals surface area contributed by atoms with E-state index in [1.807, 2.05) is 18.2 Å². The SMILES string of the molecule is CNC(=O)NC(=O)CN1c2ccccc2CC[C@@H]1C. The number of benzene rings is 1. The maximum atomic E-state index is 11.8. The summed E-state index contributed by atoms with van der Waals surface area (Å²) in [5.41, 5.74) is 2.35. The first-order valence-electron chi connectivity index (χ1n) is 6.48. The molecule has 5 nitrogen and oxygen atoms in total. The number of hydrogen-bond acceptors (Lipinski definition) is 3. The lowest BCUT2D eigenvalue weighted by atomic mass is 9.97. The van der Waals surface area contributed by atoms with Gasteiger partial charge >= 0.3 is 6.03 Å². The van der Waals surface area contributed by atoms with Gasteiger partial charge in [-0.2, -0.15) is 0 Å². The van der Waals surface area contributed by atoms with Crippen molar-refractivity contribution in [3.8, 4) is 0 Å². The zero-order chi connectivity index (χ0) is 13.8. The van der Waals surface area contributed by atoms with E-state index in [1.165, 1.54) is 12.6 Å². The minimum Gasteiger partial charge on any atom is -0.359 e. The second-order valence-electron chi connectivity index (χ2n) is 4.77. The van der Waals surface area contributed by atoms with Crippen LogP contribution in [0.4, 0.5) is 10.5 Å². The molecule has 0 bridgehead atoms. The van der Waals surface area contributed by atoms with Crippen LogP contribution in [0.15, 0.2) is 24.3 Å². The lowest BCUT2D eigenvalue weighted by Crippen LogP contribution is -2.47. The molecule has 2 N–H and O–H groups in total. The summed E-state index contributed by atoms with van der Waals surface area (Å²) in [6, 6.07) is 7.93. The Morgan fingerprint density at radius 2 is 2.11 bits per heavy atom. The number of imide groups is 1. The van der Waals surface area contributed by atoms with Crippen LogP contribution in [0.2, 0.25) is 0 Å². The van der Waals surface area contributed by atoms with Crippen LogP contribution in [-0.2, 0) is 11.2 Å². The molecule has 19 heavy (non-hydrogen) atoms. The van der Waals surface area contributed by atoms with Gasteiger partial charge in [0.05, 0.1) is 6.54 Å². The molecule has 0 spiro atoms. The zero-order valence-corrected chi connectivity index (χ0v) is 11.3. The lowest BCUT2D eigenvalue weighted by molar-refractivity contribution is -0.118. The van der Waals surface area contributed by atoms with Crippen molar-refractivity contribution >= 4 is 17.6 Å². The van der Waals surface area contributed by atoms with E-state index in [9.17, 15) is 9.59 Å². The van der Waals surface area contributed by atoms with Crippen molar-refractivity contribution in [2.24, 2.45) is 0 Å². The average Bonchev–Trinajstić information content (AvgIpc) is 2.42. The molecule has 0 aliphatic carbocycles. The molecule has 0 fully saturated rings. The Kier molecular flexibility index (Phi) is 4.04. The van der Waals surface area contributed by atoms with Crippen molar-refractivity contribution < 1.29 is 9.59 Å². The third kappa shape index (κ3) is 3.05. The van der Waals surface area contributed by atoms with Gasteiger partial charge in [-0.05, 0) is 31.4 Å². The molecule has 1 aliphatic rings. The summed E-state index contributed by atoms with van der Waals surface area (Å²) >= 11 is 0. The van der Waals surface area contributed by atoms with Gasteiger partial charge < -0.3 is 10.2 Å². The Hall–Kier alpha value is -2.04. The van der Waals surface area contributed by atoms with Crippen molar-refractivity contribution in [2.45, 2.75) is 25.8 Å². The minimum absolute atomic E-state index is 0.200. The van der Waals surface area contributed by atoms with Crippen LogP contribution in [0.1, 0.15) is 18.9 Å². The molecule has 102 valence electrons. The number of urea groups is 1. The van der Waals surface area contributed by atoms with Gasteiger partial charge in [0.15, 0.2) is 0 Å². The maximum absolute atomic E-state index is 11.8. The molecule has 0 radical (unpaired) electrons. The summed E-state index contributed by atoms with van der Waals surface area (Å²) in [6.45, 7) is 2.30. The highest BCUT2D eigenvalue weighted by atomic mass is 16.2. The van der Waals surface area contributed by atoms with Gasteiger partial charge in [-0.1, -0.05) is 18.2 Å². The van der Waals surface area contributed by atoms with E-state index in [1.54, 1.807) is 0 Å². The molecule has 0 saturated heterocycles. The van der Waals surface area contributed by atoms with Gasteiger partial charge in [0.2, 0.25) is 5.91 Å². The second kappa shape index (κ2) is 5.73. The van der Waals surface area contributed by atoms with Gasteiger partial charge in [-0.25, -0.2) is 4.79 Å². The number of nitrogens with zero attached hydrogens (tertiary/aromatic N) is 1. The highest BCUT2D eigenvalue weighted by Crippen LogP contribution is 2.29. The Bertz CT molecular complexity index is 487. The largest absolute Gasteiger partial charge is 0.359 e. The van der Waals surface area contributed by atoms with Gasteiger partial charge in [0.25, 0.3) is 0 Å². The van der Waals surface area contributed by atoms with Crippen molar-refractivity contribution in [1.82, 2.24) is 10.6 Å². The van der Waals surface area contributed by atoms with E-state index >= 15 is 0 Å². The van der Waals surface area contributed by atoms with Gasteiger partial charge in [-0.3, -0.25) is 10.1 Å². The molecular weight excluding hydrogens is 242 g/mol. The van der Waals surface area contributed by atoms with E-state index in [0.29, 0.717) is 6.04 Å². The van der Waals surface area contributed by atoms with Crippen LogP contribution in [0.25, 0.3) is 0 Å². The number of carbonyl (C=O) groups is 2. The van der Waals surface area contributed by atoms with Gasteiger partial charge in [0.1, 0.15) is 0 Å². The van der Waals surface area contributed by atoms with Gasteiger partial charge in [-0.15, -0.1) is 0 Å². The predicted molar refractivity (Wildman–Crippen MR) is 74.2 cm³/mol. The van der Waals surface area contributed by atoms with Crippen LogP contribution in [-0.4, -0.2) is 31.6 Å². The molecule has 5 heteroatoms. The average molecular weight is 261 g/mol. The normalized spacial score (nSPS) is 17.6. The molecule has 2 rings (SSSR count). The smallest absolute Gasteiger partial charge is 0.321 e. The summed E-state index contributed by atoms with van der Waals surface area (Å²) in [6.07, 6.45) is 2.05. The van der Waals surface area contributed by atoms with Crippen molar-refractivity contribution in [3.63, 3.8) is 0 Å². The predicted octanol–water partition coefficient (Wildman–Crippen LogP) is 1.28. The highest BCUT2D eigenvalue weighted by molar-refractivity contribution is 5.96. The van der Waals surface area contributed by atoms with Crippen molar-refractivity contribution in [3.05, 3.63) is 29.8 Å². The molecule has 3 amide bonds. The Morgan fingerprint density at radius 1 is 1.37 bits per heavy atom. The summed E-state index contributed by atoms with van der Waals surface area (Å²) < 4.78 is 0. The third-order valence-electron chi connectivity index (χ3n) is 3.46. The number of para-hydroxylation sites is 1. The third-order valence-corrected chi connectivity index (χ3v) is 3.46. The van der Waals surface area contributed by atoms with Gasteiger partial charge in [0, 0.05) is 18.8 Å². The Morgan fingerprint density at radius 3 is 2.84 bits per heavy atom. The van der Waals surface area contributed by atoms with Crippen LogP contribution in [0.5, 0.6) is 0 Å². The number of hydrogen-bond donors (Lipinski definition) is 2. The lowest BCUT2D eigenvalue weighted by Gasteiger charge is -2.36. The fraction of sp³-hybridized carbons (Fsp3) is 0.429. The fourth-order valence-corrected chi connectivity index (χ4v) is 2.38. The first-order chi connectivity index (χ1) is 9.11. The molecule has 0 unspecified atom stereocenters. The summed E-state index contributed by atoms with van der Waals surface area (Å²) in [5, 5.41) is 4.67. The fourth-order valence-electron chi connectivity index (χ4n) is 2.38. The van der Waals surface area contributed by atoms with Crippen LogP contribution in [0, 0.1) is 0 Å². The Balaban J connectivity index is 2.11. The van der Waals surface area contributed by atoms with E-state index in [0.717, 1.165) is 18.5 Å². The topological polar surface area (TPSA) is 61.4 Å². The number of rotatable bonds is 2. The zero-order valence-electron chi connectivity index (χ0n) is 11.3. The molecule has 1 atom stereocenters. The number of fused-ring (bicyclic) bond motifs is 1. The molecular formula is C14H19N3O2. The quantitative estimate of drug-likeness (QED) is 0.843. The molecule has 1 aromatic carbocycles. The van der Waals surface area contributed by atoms with Crippen LogP contribution < -0.4 is 15.5 Å². The second-order valence-corrected chi connectivity index (χ2v) is 4.77. The molecule has 1 aliphatic heterocycles. The minimum atomic E-state index is -0.469. The molecule has 0 aromatic heterocycles. The standard InChI is InChI=1S/C14H19N3O2/c1-10-7-8-11-5-3-4-6-12(11)17(10)9-13(18)16-14(19)15-2/h3-6,10H,7-9H2,1-2H3,(H2,15,16,18,19)/t10-/m0/s1. The summed E-state index contributed by atoms with van der Waals surface area (Å²) in [5.74, 6) is -0.289. The molecule has 1 aromatic rings. The first kappa shape index (κ1) is 13.4. The van der Waals surface area contributed by atoms with Crippen molar-refractivity contribution in [1.29, 1.82) is 0 Å². The number of carbonyl (C=O) groups excluding carboxylic acids is 2. The highest BCUT2D eigenvalue weighted by Gasteiger charge is 2.24. The van der Waals surface area contributed by atoms with E-state index in [2.05, 4.69) is 28.5 Å². The monoisotopic (exact) mass is 261 g/mol. The van der Waals surface area contributed by atoms with Crippen LogP contribution >= 0.6 is 0 Å². The molecule has 1 heterocycles.